The summed E-state index contributed by atoms with van der Waals surface area (Å²) in [6.45, 7) is 2.58. The summed E-state index contributed by atoms with van der Waals surface area (Å²) in [6.07, 6.45) is -1.12. The van der Waals surface area contributed by atoms with Gasteiger partial charge in [0.05, 0.1) is 24.9 Å². The molecular weight excluding hydrogens is 528 g/mol. The number of likely N-dealkylation sites (N-methyl/N-ethyl adjacent to an activating group) is 1. The standard InChI is InChI=1S/C35H38N2O5/c1-24(33(39)27-10-5-3-6-11-27)37(2)22-31-21-32(26-18-16-25(23-38)17-19-26)42-35(41-31)29-14-9-15-30(20-29)36-34(40)28-12-7-4-8-13-28/h3-20,24,31-33,35,38-39H,21-23H2,1-2H3,(H,36,40)/t24-,31-,32+,33-,35+/m0/s1. The number of hydrogen-bond donors (Lipinski definition) is 3. The van der Waals surface area contributed by atoms with Crippen molar-refractivity contribution < 1.29 is 24.5 Å². The van der Waals surface area contributed by atoms with Crippen LogP contribution in [0.5, 0.6) is 0 Å². The molecule has 5 rings (SSSR count). The molecule has 0 spiro atoms. The van der Waals surface area contributed by atoms with E-state index in [4.69, 9.17) is 9.47 Å². The smallest absolute Gasteiger partial charge is 0.255 e. The predicted octanol–water partition coefficient (Wildman–Crippen LogP) is 6.03. The van der Waals surface area contributed by atoms with E-state index in [-0.39, 0.29) is 30.8 Å². The van der Waals surface area contributed by atoms with E-state index in [0.29, 0.717) is 24.2 Å². The van der Waals surface area contributed by atoms with E-state index in [2.05, 4.69) is 10.2 Å². The molecule has 0 radical (unpaired) electrons. The number of carbonyl (C=O) groups excluding carboxylic acids is 1. The molecule has 42 heavy (non-hydrogen) atoms. The average molecular weight is 567 g/mol. The second-order valence-corrected chi connectivity index (χ2v) is 10.8. The predicted molar refractivity (Wildman–Crippen MR) is 163 cm³/mol. The van der Waals surface area contributed by atoms with Gasteiger partial charge in [0, 0.05) is 35.8 Å². The van der Waals surface area contributed by atoms with E-state index in [0.717, 1.165) is 22.3 Å². The summed E-state index contributed by atoms with van der Waals surface area (Å²) in [5, 5.41) is 23.5. The fourth-order valence-corrected chi connectivity index (χ4v) is 5.25. The van der Waals surface area contributed by atoms with Crippen molar-refractivity contribution in [3.8, 4) is 0 Å². The molecule has 1 fully saturated rings. The fourth-order valence-electron chi connectivity index (χ4n) is 5.25. The molecular formula is C35H38N2O5. The topological polar surface area (TPSA) is 91.3 Å². The van der Waals surface area contributed by atoms with Crippen LogP contribution in [0, 0.1) is 0 Å². The third-order valence-electron chi connectivity index (χ3n) is 7.85. The largest absolute Gasteiger partial charge is 0.392 e. The van der Waals surface area contributed by atoms with Gasteiger partial charge in [0.15, 0.2) is 6.29 Å². The van der Waals surface area contributed by atoms with Crippen LogP contribution in [0.15, 0.2) is 109 Å². The monoisotopic (exact) mass is 566 g/mol. The lowest BCUT2D eigenvalue weighted by molar-refractivity contribution is -0.253. The van der Waals surface area contributed by atoms with Crippen molar-refractivity contribution in [1.29, 1.82) is 0 Å². The number of nitrogens with one attached hydrogen (secondary N) is 1. The highest BCUT2D eigenvalue weighted by atomic mass is 16.7. The van der Waals surface area contributed by atoms with Crippen LogP contribution in [0.3, 0.4) is 0 Å². The molecule has 1 amide bonds. The van der Waals surface area contributed by atoms with Gasteiger partial charge in [0.1, 0.15) is 0 Å². The molecule has 7 heteroatoms. The second-order valence-electron chi connectivity index (χ2n) is 10.8. The minimum Gasteiger partial charge on any atom is -0.392 e. The van der Waals surface area contributed by atoms with E-state index >= 15 is 0 Å². The molecule has 3 N–H and O–H groups in total. The summed E-state index contributed by atoms with van der Waals surface area (Å²) in [5.74, 6) is -0.189. The minimum absolute atomic E-state index is 0.0198. The van der Waals surface area contributed by atoms with Crippen LogP contribution in [0.4, 0.5) is 5.69 Å². The van der Waals surface area contributed by atoms with Gasteiger partial charge in [0.25, 0.3) is 5.91 Å². The highest BCUT2D eigenvalue weighted by Gasteiger charge is 2.34. The summed E-state index contributed by atoms with van der Waals surface area (Å²) in [7, 11) is 2.00. The van der Waals surface area contributed by atoms with Crippen molar-refractivity contribution in [2.24, 2.45) is 0 Å². The Labute approximate surface area is 247 Å². The molecule has 1 heterocycles. The molecule has 0 bridgehead atoms. The first-order chi connectivity index (χ1) is 20.4. The van der Waals surface area contributed by atoms with E-state index in [1.165, 1.54) is 0 Å². The fraction of sp³-hybridized carbons (Fsp3) is 0.286. The van der Waals surface area contributed by atoms with Gasteiger partial charge in [-0.25, -0.2) is 0 Å². The van der Waals surface area contributed by atoms with Crippen LogP contribution in [0.2, 0.25) is 0 Å². The normalized spacial score (nSPS) is 20.2. The summed E-state index contributed by atoms with van der Waals surface area (Å²) < 4.78 is 13.0. The molecule has 218 valence electrons. The van der Waals surface area contributed by atoms with E-state index in [9.17, 15) is 15.0 Å². The van der Waals surface area contributed by atoms with E-state index < -0.39 is 12.4 Å². The van der Waals surface area contributed by atoms with E-state index in [1.54, 1.807) is 12.1 Å². The zero-order valence-electron chi connectivity index (χ0n) is 24.0. The second kappa shape index (κ2) is 13.9. The number of anilines is 1. The van der Waals surface area contributed by atoms with Gasteiger partial charge < -0.3 is 25.0 Å². The molecule has 0 aromatic heterocycles. The molecule has 4 aromatic rings. The number of carbonyl (C=O) groups is 1. The number of aliphatic hydroxyl groups is 2. The van der Waals surface area contributed by atoms with Crippen LogP contribution in [0.1, 0.15) is 64.5 Å². The number of ether oxygens (including phenoxy) is 2. The highest BCUT2D eigenvalue weighted by molar-refractivity contribution is 6.04. The zero-order valence-corrected chi connectivity index (χ0v) is 24.0. The maximum absolute atomic E-state index is 12.8. The highest BCUT2D eigenvalue weighted by Crippen LogP contribution is 2.39. The Bertz CT molecular complexity index is 1430. The molecule has 1 saturated heterocycles. The Morgan fingerprint density at radius 1 is 0.905 bits per heavy atom. The number of rotatable bonds is 10. The maximum atomic E-state index is 12.8. The van der Waals surface area contributed by atoms with Crippen LogP contribution in [0.25, 0.3) is 0 Å². The number of hydrogen-bond acceptors (Lipinski definition) is 6. The Kier molecular flexibility index (Phi) is 9.79. The average Bonchev–Trinajstić information content (AvgIpc) is 3.04. The summed E-state index contributed by atoms with van der Waals surface area (Å²) >= 11 is 0. The van der Waals surface area contributed by atoms with Gasteiger partial charge in [-0.1, -0.05) is 84.9 Å². The number of benzene rings is 4. The van der Waals surface area contributed by atoms with Crippen LogP contribution in [-0.4, -0.2) is 46.8 Å². The third-order valence-corrected chi connectivity index (χ3v) is 7.85. The number of amides is 1. The van der Waals surface area contributed by atoms with Crippen LogP contribution in [-0.2, 0) is 16.1 Å². The van der Waals surface area contributed by atoms with Crippen molar-refractivity contribution in [3.63, 3.8) is 0 Å². The SMILES string of the molecule is C[C@@H]([C@H](O)c1ccccc1)N(C)C[C@@H]1C[C@H](c2ccc(CO)cc2)O[C@H](c2cccc(NC(=O)c3ccccc3)c2)O1. The molecule has 4 aromatic carbocycles. The summed E-state index contributed by atoms with van der Waals surface area (Å²) in [4.78, 5) is 14.9. The molecule has 5 atom stereocenters. The van der Waals surface area contributed by atoms with Crippen LogP contribution < -0.4 is 5.32 Å². The first kappa shape index (κ1) is 29.6. The van der Waals surface area contributed by atoms with E-state index in [1.807, 2.05) is 111 Å². The number of aliphatic hydroxyl groups excluding tert-OH is 2. The Morgan fingerprint density at radius 3 is 2.29 bits per heavy atom. The van der Waals surface area contributed by atoms with Gasteiger partial charge in [-0.2, -0.15) is 0 Å². The lowest BCUT2D eigenvalue weighted by atomic mass is 9.98. The van der Waals surface area contributed by atoms with Crippen molar-refractivity contribution in [1.82, 2.24) is 4.90 Å². The molecule has 1 aliphatic rings. The molecule has 7 nitrogen and oxygen atoms in total. The summed E-state index contributed by atoms with van der Waals surface area (Å²) in [5.41, 5.74) is 4.73. The Hall–Kier alpha value is -3.85. The van der Waals surface area contributed by atoms with Crippen molar-refractivity contribution >= 4 is 11.6 Å². The Morgan fingerprint density at radius 2 is 1.60 bits per heavy atom. The number of nitrogens with zero attached hydrogens (tertiary/aromatic N) is 1. The zero-order chi connectivity index (χ0) is 29.5. The first-order valence-electron chi connectivity index (χ1n) is 14.3. The quantitative estimate of drug-likeness (QED) is 0.217. The van der Waals surface area contributed by atoms with Crippen LogP contribution >= 0.6 is 0 Å². The first-order valence-corrected chi connectivity index (χ1v) is 14.3. The van der Waals surface area contributed by atoms with Gasteiger partial charge in [-0.15, -0.1) is 0 Å². The maximum Gasteiger partial charge on any atom is 0.255 e. The molecule has 1 aliphatic heterocycles. The van der Waals surface area contributed by atoms with Gasteiger partial charge >= 0.3 is 0 Å². The van der Waals surface area contributed by atoms with Gasteiger partial charge in [-0.3, -0.25) is 9.69 Å². The lowest BCUT2D eigenvalue weighted by Gasteiger charge is -2.39. The van der Waals surface area contributed by atoms with Gasteiger partial charge in [0.2, 0.25) is 0 Å². The minimum atomic E-state index is -0.664. The molecule has 0 unspecified atom stereocenters. The lowest BCUT2D eigenvalue weighted by Crippen LogP contribution is -2.43. The molecule has 0 aliphatic carbocycles. The van der Waals surface area contributed by atoms with Crippen molar-refractivity contribution in [2.75, 3.05) is 18.9 Å². The van der Waals surface area contributed by atoms with Gasteiger partial charge in [-0.05, 0) is 54.9 Å². The van der Waals surface area contributed by atoms with Crippen molar-refractivity contribution in [3.05, 3.63) is 137 Å². The summed E-state index contributed by atoms with van der Waals surface area (Å²) in [6, 6.07) is 33.9. The third kappa shape index (κ3) is 7.31. The van der Waals surface area contributed by atoms with Crippen molar-refractivity contribution in [2.45, 2.75) is 50.6 Å². The Balaban J connectivity index is 1.35. The molecule has 0 saturated carbocycles.